The Hall–Kier alpha value is -2.47. The highest BCUT2D eigenvalue weighted by Gasteiger charge is 2.68. The third-order valence-electron chi connectivity index (χ3n) is 4.67. The van der Waals surface area contributed by atoms with Crippen LogP contribution in [-0.4, -0.2) is 36.1 Å². The van der Waals surface area contributed by atoms with E-state index in [0.717, 1.165) is 0 Å². The second-order valence-corrected chi connectivity index (χ2v) is 6.03. The number of para-hydroxylation sites is 1. The van der Waals surface area contributed by atoms with Gasteiger partial charge in [0.05, 0.1) is 23.6 Å². The largest absolute Gasteiger partial charge is 0.462 e. The molecule has 6 heteroatoms. The lowest BCUT2D eigenvalue weighted by molar-refractivity contribution is -0.150. The summed E-state index contributed by atoms with van der Waals surface area (Å²) in [7, 11) is 0. The van der Waals surface area contributed by atoms with Crippen LogP contribution in [-0.2, 0) is 23.9 Å². The van der Waals surface area contributed by atoms with E-state index >= 15 is 0 Å². The van der Waals surface area contributed by atoms with E-state index in [2.05, 4.69) is 0 Å². The van der Waals surface area contributed by atoms with Gasteiger partial charge in [0.1, 0.15) is 12.2 Å². The highest BCUT2D eigenvalue weighted by atomic mass is 16.6. The quantitative estimate of drug-likeness (QED) is 0.474. The first kappa shape index (κ1) is 14.1. The maximum absolute atomic E-state index is 12.9. The van der Waals surface area contributed by atoms with Crippen molar-refractivity contribution in [3.05, 3.63) is 42.5 Å². The molecule has 4 rings (SSSR count). The highest BCUT2D eigenvalue weighted by molar-refractivity contribution is 6.23. The molecule has 0 spiro atoms. The lowest BCUT2D eigenvalue weighted by Gasteiger charge is -2.28. The molecule has 0 unspecified atom stereocenters. The minimum absolute atomic E-state index is 0.0574. The van der Waals surface area contributed by atoms with Crippen molar-refractivity contribution in [2.75, 3.05) is 11.5 Å². The average molecular weight is 313 g/mol. The van der Waals surface area contributed by atoms with Gasteiger partial charge < -0.3 is 9.47 Å². The molecule has 0 radical (unpaired) electrons. The van der Waals surface area contributed by atoms with E-state index in [4.69, 9.17) is 9.47 Å². The van der Waals surface area contributed by atoms with Crippen LogP contribution in [0.3, 0.4) is 0 Å². The molecule has 3 aliphatic rings. The van der Waals surface area contributed by atoms with Gasteiger partial charge in [0.15, 0.2) is 0 Å². The Bertz CT molecular complexity index is 728. The SMILES string of the molecule is CC(=O)OC[C@@]12C=C[C@@H](O1)[C@H]1C(=O)N(c3ccccc3)C(=O)[C@@H]12. The van der Waals surface area contributed by atoms with Gasteiger partial charge in [0.2, 0.25) is 11.8 Å². The Morgan fingerprint density at radius 3 is 2.70 bits per heavy atom. The second-order valence-electron chi connectivity index (χ2n) is 6.03. The van der Waals surface area contributed by atoms with Crippen LogP contribution < -0.4 is 4.90 Å². The molecule has 2 fully saturated rings. The summed E-state index contributed by atoms with van der Waals surface area (Å²) in [6.07, 6.45) is 3.09. The summed E-state index contributed by atoms with van der Waals surface area (Å²) in [4.78, 5) is 38.0. The second kappa shape index (κ2) is 4.76. The van der Waals surface area contributed by atoms with E-state index in [-0.39, 0.29) is 18.4 Å². The molecule has 1 aromatic carbocycles. The van der Waals surface area contributed by atoms with Crippen LogP contribution in [0.25, 0.3) is 0 Å². The number of hydrogen-bond donors (Lipinski definition) is 0. The van der Waals surface area contributed by atoms with Gasteiger partial charge in [-0.05, 0) is 18.2 Å². The van der Waals surface area contributed by atoms with Crippen molar-refractivity contribution in [1.29, 1.82) is 0 Å². The van der Waals surface area contributed by atoms with Gasteiger partial charge in [-0.1, -0.05) is 24.3 Å². The van der Waals surface area contributed by atoms with Crippen molar-refractivity contribution in [2.24, 2.45) is 11.8 Å². The summed E-state index contributed by atoms with van der Waals surface area (Å²) in [5, 5.41) is 0. The molecule has 4 atom stereocenters. The van der Waals surface area contributed by atoms with Crippen LogP contribution in [0.4, 0.5) is 5.69 Å². The Morgan fingerprint density at radius 1 is 1.26 bits per heavy atom. The minimum atomic E-state index is -1.03. The van der Waals surface area contributed by atoms with Crippen molar-refractivity contribution in [1.82, 2.24) is 0 Å². The summed E-state index contributed by atoms with van der Waals surface area (Å²) in [6.45, 7) is 1.25. The third kappa shape index (κ3) is 1.88. The zero-order valence-electron chi connectivity index (χ0n) is 12.5. The van der Waals surface area contributed by atoms with Gasteiger partial charge in [-0.25, -0.2) is 4.90 Å². The number of benzene rings is 1. The number of imide groups is 1. The fourth-order valence-corrected chi connectivity index (χ4v) is 3.71. The molecule has 0 aromatic heterocycles. The maximum Gasteiger partial charge on any atom is 0.302 e. The van der Waals surface area contributed by atoms with Crippen LogP contribution in [0.2, 0.25) is 0 Å². The molecular formula is C17H15NO5. The number of anilines is 1. The zero-order chi connectivity index (χ0) is 16.2. The first-order chi connectivity index (χ1) is 11.0. The van der Waals surface area contributed by atoms with Crippen molar-refractivity contribution >= 4 is 23.5 Å². The fourth-order valence-electron chi connectivity index (χ4n) is 3.71. The van der Waals surface area contributed by atoms with Crippen molar-refractivity contribution in [3.63, 3.8) is 0 Å². The number of fused-ring (bicyclic) bond motifs is 5. The number of hydrogen-bond acceptors (Lipinski definition) is 5. The van der Waals surface area contributed by atoms with Gasteiger partial charge in [0.25, 0.3) is 0 Å². The molecular weight excluding hydrogens is 298 g/mol. The molecule has 2 bridgehead atoms. The number of rotatable bonds is 3. The number of esters is 1. The molecule has 23 heavy (non-hydrogen) atoms. The number of nitrogens with zero attached hydrogens (tertiary/aromatic N) is 1. The van der Waals surface area contributed by atoms with Crippen LogP contribution in [0.15, 0.2) is 42.5 Å². The predicted molar refractivity (Wildman–Crippen MR) is 79.3 cm³/mol. The Morgan fingerprint density at radius 2 is 2.00 bits per heavy atom. The zero-order valence-corrected chi connectivity index (χ0v) is 12.5. The topological polar surface area (TPSA) is 72.9 Å². The van der Waals surface area contributed by atoms with E-state index < -0.39 is 29.5 Å². The summed E-state index contributed by atoms with van der Waals surface area (Å²) >= 11 is 0. The van der Waals surface area contributed by atoms with Gasteiger partial charge in [0, 0.05) is 6.92 Å². The molecule has 2 amide bonds. The molecule has 0 saturated carbocycles. The van der Waals surface area contributed by atoms with Gasteiger partial charge in [-0.3, -0.25) is 14.4 Å². The molecule has 1 aromatic rings. The first-order valence-corrected chi connectivity index (χ1v) is 7.47. The molecule has 0 N–H and O–H groups in total. The Labute approximate surface area is 132 Å². The van der Waals surface area contributed by atoms with E-state index in [0.29, 0.717) is 5.69 Å². The molecule has 118 valence electrons. The average Bonchev–Trinajstić information content (AvgIpc) is 3.17. The fraction of sp³-hybridized carbons (Fsp3) is 0.353. The van der Waals surface area contributed by atoms with E-state index in [1.54, 1.807) is 36.4 Å². The lowest BCUT2D eigenvalue weighted by atomic mass is 9.77. The standard InChI is InChI=1S/C17H15NO5/c1-10(19)22-9-17-8-7-12(23-17)13-14(17)16(21)18(15(13)20)11-5-3-2-4-6-11/h2-8,12-14H,9H2,1H3/t12-,13-,14-,17-/m1/s1. The summed E-state index contributed by atoms with van der Waals surface area (Å²) in [5.41, 5.74) is -0.476. The molecule has 2 saturated heterocycles. The van der Waals surface area contributed by atoms with Crippen LogP contribution in [0, 0.1) is 11.8 Å². The normalized spacial score (nSPS) is 34.1. The van der Waals surface area contributed by atoms with E-state index in [9.17, 15) is 14.4 Å². The van der Waals surface area contributed by atoms with Crippen LogP contribution in [0.1, 0.15) is 6.92 Å². The smallest absolute Gasteiger partial charge is 0.302 e. The van der Waals surface area contributed by atoms with Crippen LogP contribution in [0.5, 0.6) is 0 Å². The molecule has 0 aliphatic carbocycles. The maximum atomic E-state index is 12.9. The number of amides is 2. The molecule has 3 heterocycles. The van der Waals surface area contributed by atoms with Crippen molar-refractivity contribution in [2.45, 2.75) is 18.6 Å². The predicted octanol–water partition coefficient (Wildman–Crippen LogP) is 1.06. The molecule has 3 aliphatic heterocycles. The number of carbonyl (C=O) groups is 3. The first-order valence-electron chi connectivity index (χ1n) is 7.47. The van der Waals surface area contributed by atoms with Crippen molar-refractivity contribution in [3.8, 4) is 0 Å². The Balaban J connectivity index is 1.70. The van der Waals surface area contributed by atoms with Gasteiger partial charge >= 0.3 is 5.97 Å². The van der Waals surface area contributed by atoms with Crippen molar-refractivity contribution < 1.29 is 23.9 Å². The third-order valence-corrected chi connectivity index (χ3v) is 4.67. The van der Waals surface area contributed by atoms with Gasteiger partial charge in [-0.2, -0.15) is 0 Å². The Kier molecular flexibility index (Phi) is 2.93. The van der Waals surface area contributed by atoms with E-state index in [1.165, 1.54) is 11.8 Å². The number of carbonyl (C=O) groups excluding carboxylic acids is 3. The lowest BCUT2D eigenvalue weighted by Crippen LogP contribution is -2.44. The van der Waals surface area contributed by atoms with Gasteiger partial charge in [-0.15, -0.1) is 0 Å². The van der Waals surface area contributed by atoms with Crippen LogP contribution >= 0.6 is 0 Å². The molecule has 6 nitrogen and oxygen atoms in total. The minimum Gasteiger partial charge on any atom is -0.462 e. The monoisotopic (exact) mass is 313 g/mol. The summed E-state index contributed by atoms with van der Waals surface area (Å²) in [5.74, 6) is -2.21. The van der Waals surface area contributed by atoms with E-state index in [1.807, 2.05) is 6.07 Å². The number of ether oxygens (including phenoxy) is 2. The highest BCUT2D eigenvalue weighted by Crippen LogP contribution is 2.52. The summed E-state index contributed by atoms with van der Waals surface area (Å²) in [6, 6.07) is 8.84. The summed E-state index contributed by atoms with van der Waals surface area (Å²) < 4.78 is 10.9.